The van der Waals surface area contributed by atoms with Gasteiger partial charge in [-0.15, -0.1) is 0 Å². The molecule has 0 spiro atoms. The highest BCUT2D eigenvalue weighted by molar-refractivity contribution is 5.97. The third-order valence-electron chi connectivity index (χ3n) is 1.56. The second-order valence-electron chi connectivity index (χ2n) is 2.39. The first kappa shape index (κ1) is 8.52. The Kier molecular flexibility index (Phi) is 2.28. The Morgan fingerprint density at radius 3 is 2.67 bits per heavy atom. The molecule has 0 bridgehead atoms. The minimum absolute atomic E-state index is 0.0833. The van der Waals surface area contributed by atoms with E-state index in [1.54, 1.807) is 19.1 Å². The van der Waals surface area contributed by atoms with Crippen molar-refractivity contribution in [1.82, 2.24) is 0 Å². The molecule has 0 unspecified atom stereocenters. The number of amides is 1. The number of benzene rings is 1. The molecule has 0 saturated carbocycles. The predicted octanol–water partition coefficient (Wildman–Crippen LogP) is 1.36. The van der Waals surface area contributed by atoms with Crippen molar-refractivity contribution >= 4 is 5.91 Å². The fourth-order valence-corrected chi connectivity index (χ4v) is 1.02. The van der Waals surface area contributed by atoms with E-state index >= 15 is 0 Å². The molecule has 0 heterocycles. The van der Waals surface area contributed by atoms with Gasteiger partial charge in [0.05, 0.1) is 5.56 Å². The Morgan fingerprint density at radius 2 is 2.25 bits per heavy atom. The summed E-state index contributed by atoms with van der Waals surface area (Å²) in [6.45, 7) is 1.66. The van der Waals surface area contributed by atoms with E-state index in [4.69, 9.17) is 5.73 Å². The summed E-state index contributed by atoms with van der Waals surface area (Å²) in [7, 11) is 0. The summed E-state index contributed by atoms with van der Waals surface area (Å²) in [6, 6.07) is 4.58. The molecule has 0 aromatic heterocycles. The van der Waals surface area contributed by atoms with Crippen LogP contribution in [0.4, 0.5) is 4.53 Å². The molecule has 64 valence electrons. The van der Waals surface area contributed by atoms with Gasteiger partial charge in [-0.25, -0.2) is 0 Å². The second-order valence-corrected chi connectivity index (χ2v) is 2.39. The number of halogens is 1. The van der Waals surface area contributed by atoms with Gasteiger partial charge in [-0.05, 0) is 18.6 Å². The molecule has 1 rings (SSSR count). The maximum atomic E-state index is 11.8. The molecule has 1 aromatic carbocycles. The molecule has 1 amide bonds. The molecule has 0 aliphatic rings. The molecule has 0 saturated heterocycles. The Hall–Kier alpha value is -1.58. The standard InChI is InChI=1S/C8H8FNO2/c1-5-3-2-4-6(12-9)7(5)8(10)11/h2-4H,1H3,(H2,10,11). The van der Waals surface area contributed by atoms with Crippen LogP contribution in [0.15, 0.2) is 18.2 Å². The van der Waals surface area contributed by atoms with Gasteiger partial charge in [-0.2, -0.15) is 0 Å². The Bertz CT molecular complexity index is 312. The maximum absolute atomic E-state index is 11.8. The fraction of sp³-hybridized carbons (Fsp3) is 0.125. The van der Waals surface area contributed by atoms with Crippen LogP contribution in [-0.4, -0.2) is 5.91 Å². The maximum Gasteiger partial charge on any atom is 0.252 e. The van der Waals surface area contributed by atoms with Crippen LogP contribution in [0.2, 0.25) is 0 Å². The lowest BCUT2D eigenvalue weighted by Gasteiger charge is -2.03. The molecule has 2 N–H and O–H groups in total. The molecular weight excluding hydrogens is 161 g/mol. The van der Waals surface area contributed by atoms with Gasteiger partial charge in [0.1, 0.15) is 0 Å². The predicted molar refractivity (Wildman–Crippen MR) is 41.4 cm³/mol. The van der Waals surface area contributed by atoms with E-state index in [0.717, 1.165) is 0 Å². The van der Waals surface area contributed by atoms with Crippen molar-refractivity contribution in [2.45, 2.75) is 6.92 Å². The second kappa shape index (κ2) is 3.21. The molecular formula is C8H8FNO2. The van der Waals surface area contributed by atoms with Gasteiger partial charge < -0.3 is 5.73 Å². The molecule has 0 radical (unpaired) electrons. The summed E-state index contributed by atoms with van der Waals surface area (Å²) in [5, 5.41) is 0. The van der Waals surface area contributed by atoms with Crippen LogP contribution in [0, 0.1) is 6.92 Å². The summed E-state index contributed by atoms with van der Waals surface area (Å²) < 4.78 is 11.8. The van der Waals surface area contributed by atoms with Crippen molar-refractivity contribution in [3.05, 3.63) is 29.3 Å². The van der Waals surface area contributed by atoms with E-state index in [1.165, 1.54) is 6.07 Å². The molecule has 0 fully saturated rings. The van der Waals surface area contributed by atoms with Crippen molar-refractivity contribution in [3.8, 4) is 5.75 Å². The third-order valence-corrected chi connectivity index (χ3v) is 1.56. The average molecular weight is 169 g/mol. The van der Waals surface area contributed by atoms with E-state index in [0.29, 0.717) is 5.56 Å². The van der Waals surface area contributed by atoms with Gasteiger partial charge in [0, 0.05) is 4.53 Å². The van der Waals surface area contributed by atoms with E-state index in [9.17, 15) is 9.32 Å². The van der Waals surface area contributed by atoms with Crippen molar-refractivity contribution < 1.29 is 14.3 Å². The first-order valence-corrected chi connectivity index (χ1v) is 3.35. The number of primary amides is 1. The first-order valence-electron chi connectivity index (χ1n) is 3.35. The van der Waals surface area contributed by atoms with Crippen LogP contribution in [0.25, 0.3) is 0 Å². The molecule has 1 aromatic rings. The number of nitrogens with two attached hydrogens (primary N) is 1. The zero-order valence-electron chi connectivity index (χ0n) is 6.50. The molecule has 4 heteroatoms. The van der Waals surface area contributed by atoms with Crippen molar-refractivity contribution in [1.29, 1.82) is 0 Å². The quantitative estimate of drug-likeness (QED) is 0.726. The minimum atomic E-state index is -0.694. The molecule has 3 nitrogen and oxygen atoms in total. The zero-order valence-corrected chi connectivity index (χ0v) is 6.50. The van der Waals surface area contributed by atoms with Crippen molar-refractivity contribution in [2.75, 3.05) is 0 Å². The van der Waals surface area contributed by atoms with Crippen molar-refractivity contribution in [3.63, 3.8) is 0 Å². The Morgan fingerprint density at radius 1 is 1.58 bits per heavy atom. The largest absolute Gasteiger partial charge is 0.365 e. The van der Waals surface area contributed by atoms with Crippen LogP contribution in [0.1, 0.15) is 15.9 Å². The van der Waals surface area contributed by atoms with Crippen LogP contribution in [-0.2, 0) is 0 Å². The first-order chi connectivity index (χ1) is 5.66. The van der Waals surface area contributed by atoms with Gasteiger partial charge in [-0.3, -0.25) is 9.74 Å². The lowest BCUT2D eigenvalue weighted by molar-refractivity contribution is -0.00713. The van der Waals surface area contributed by atoms with Gasteiger partial charge in [0.25, 0.3) is 5.91 Å². The van der Waals surface area contributed by atoms with E-state index in [-0.39, 0.29) is 11.3 Å². The van der Waals surface area contributed by atoms with Gasteiger partial charge in [-0.1, -0.05) is 12.1 Å². The summed E-state index contributed by atoms with van der Waals surface area (Å²) in [6.07, 6.45) is 0. The Labute approximate surface area is 68.8 Å². The number of hydrogen-bond acceptors (Lipinski definition) is 2. The lowest BCUT2D eigenvalue weighted by atomic mass is 10.1. The van der Waals surface area contributed by atoms with Crippen LogP contribution in [0.5, 0.6) is 5.75 Å². The van der Waals surface area contributed by atoms with Crippen LogP contribution < -0.4 is 10.7 Å². The topological polar surface area (TPSA) is 52.3 Å². The summed E-state index contributed by atoms with van der Waals surface area (Å²) in [4.78, 5) is 14.3. The van der Waals surface area contributed by atoms with Crippen LogP contribution >= 0.6 is 0 Å². The van der Waals surface area contributed by atoms with Crippen molar-refractivity contribution in [2.24, 2.45) is 5.73 Å². The average Bonchev–Trinajstić information content (AvgIpc) is 2.03. The van der Waals surface area contributed by atoms with E-state index < -0.39 is 5.91 Å². The SMILES string of the molecule is Cc1cccc(OF)c1C(N)=O. The smallest absolute Gasteiger partial charge is 0.252 e. The zero-order chi connectivity index (χ0) is 9.14. The Balaban J connectivity index is 3.29. The number of rotatable bonds is 2. The normalized spacial score (nSPS) is 9.50. The number of aryl methyl sites for hydroxylation is 1. The highest BCUT2D eigenvalue weighted by Crippen LogP contribution is 2.21. The van der Waals surface area contributed by atoms with E-state index in [2.05, 4.69) is 4.94 Å². The molecule has 0 aliphatic heterocycles. The third kappa shape index (κ3) is 1.37. The molecule has 12 heavy (non-hydrogen) atoms. The highest BCUT2D eigenvalue weighted by Gasteiger charge is 2.12. The fourth-order valence-electron chi connectivity index (χ4n) is 1.02. The summed E-state index contributed by atoms with van der Waals surface area (Å²) in [5.74, 6) is -0.830. The van der Waals surface area contributed by atoms with Gasteiger partial charge in [0.15, 0.2) is 5.75 Å². The van der Waals surface area contributed by atoms with Gasteiger partial charge in [0.2, 0.25) is 0 Å². The number of carbonyl (C=O) groups is 1. The number of carbonyl (C=O) groups excluding carboxylic acids is 1. The summed E-state index contributed by atoms with van der Waals surface area (Å²) in [5.41, 5.74) is 5.68. The number of hydrogen-bond donors (Lipinski definition) is 1. The molecule has 0 atom stereocenters. The van der Waals surface area contributed by atoms with E-state index in [1.807, 2.05) is 0 Å². The van der Waals surface area contributed by atoms with Gasteiger partial charge >= 0.3 is 0 Å². The highest BCUT2D eigenvalue weighted by atomic mass is 19.3. The molecule has 0 aliphatic carbocycles. The lowest BCUT2D eigenvalue weighted by Crippen LogP contribution is -2.13. The van der Waals surface area contributed by atoms with Crippen LogP contribution in [0.3, 0.4) is 0 Å². The minimum Gasteiger partial charge on any atom is -0.365 e. The monoisotopic (exact) mass is 169 g/mol. The summed E-state index contributed by atoms with van der Waals surface area (Å²) >= 11 is 0.